The summed E-state index contributed by atoms with van der Waals surface area (Å²) in [6, 6.07) is 23.8. The molecular weight excluding hydrogens is 520 g/mol. The molecule has 2 N–H and O–H groups in total. The number of aliphatic hydroxyl groups is 1. The van der Waals surface area contributed by atoms with E-state index in [4.69, 9.17) is 11.6 Å². The lowest BCUT2D eigenvalue weighted by Crippen LogP contribution is -2.41. The summed E-state index contributed by atoms with van der Waals surface area (Å²) in [4.78, 5) is 15.5. The molecule has 198 valence electrons. The molecule has 5 rings (SSSR count). The highest BCUT2D eigenvalue weighted by molar-refractivity contribution is 7.89. The van der Waals surface area contributed by atoms with Gasteiger partial charge in [0, 0.05) is 21.5 Å². The number of nitrogens with one attached hydrogen (secondary N) is 1. The van der Waals surface area contributed by atoms with E-state index in [1.807, 2.05) is 44.2 Å². The number of halogens is 1. The van der Waals surface area contributed by atoms with Crippen LogP contribution in [0.3, 0.4) is 0 Å². The molecule has 1 unspecified atom stereocenters. The lowest BCUT2D eigenvalue weighted by molar-refractivity contribution is -0.131. The van der Waals surface area contributed by atoms with Gasteiger partial charge in [-0.3, -0.25) is 9.69 Å². The maximum Gasteiger partial charge on any atom is 0.273 e. The van der Waals surface area contributed by atoms with E-state index < -0.39 is 27.1 Å². The molecule has 0 aromatic heterocycles. The highest BCUT2D eigenvalue weighted by atomic mass is 35.5. The molecule has 0 aliphatic carbocycles. The second-order valence-corrected chi connectivity index (χ2v) is 12.0. The summed E-state index contributed by atoms with van der Waals surface area (Å²) in [5.74, 6) is -0.547. The van der Waals surface area contributed by atoms with Crippen LogP contribution in [-0.4, -0.2) is 25.0 Å². The first-order chi connectivity index (χ1) is 17.9. The third-order valence-corrected chi connectivity index (χ3v) is 8.14. The molecule has 1 atom stereocenters. The number of fused-ring (bicyclic) bond motifs is 2. The standard InChI is InChI=1S/C28H25ClN2O4S.C2H6/c1-27(2,3)30-36(34,35)21-14-11-19(12-15-21)28(33)23-8-4-5-9-25(23)31(26(28)32)24-10-6-7-18-17-20(29)13-16-22(18)24;1-2/h4-17,30,33H,1-3H3;1-2H3. The SMILES string of the molecule is CC.CC(C)(C)NS(=O)(=O)c1ccc(C2(O)C(=O)N(c3cccc4cc(Cl)ccc34)c3ccccc32)cc1. The third-order valence-electron chi connectivity index (χ3n) is 6.13. The van der Waals surface area contributed by atoms with E-state index in [1.54, 1.807) is 51.1 Å². The summed E-state index contributed by atoms with van der Waals surface area (Å²) >= 11 is 6.18. The van der Waals surface area contributed by atoms with Crippen molar-refractivity contribution in [2.45, 2.75) is 50.7 Å². The van der Waals surface area contributed by atoms with E-state index in [2.05, 4.69) is 4.72 Å². The highest BCUT2D eigenvalue weighted by Gasteiger charge is 2.51. The molecule has 0 saturated carbocycles. The van der Waals surface area contributed by atoms with Crippen molar-refractivity contribution >= 4 is 49.7 Å². The number of para-hydroxylation sites is 1. The Labute approximate surface area is 228 Å². The Hall–Kier alpha value is -3.23. The molecule has 38 heavy (non-hydrogen) atoms. The minimum absolute atomic E-state index is 0.0475. The van der Waals surface area contributed by atoms with Gasteiger partial charge in [-0.15, -0.1) is 0 Å². The van der Waals surface area contributed by atoms with Crippen molar-refractivity contribution < 1.29 is 18.3 Å². The second kappa shape index (κ2) is 10.2. The quantitative estimate of drug-likeness (QED) is 0.303. The molecule has 1 aliphatic heterocycles. The van der Waals surface area contributed by atoms with Gasteiger partial charge in [-0.25, -0.2) is 13.1 Å². The summed E-state index contributed by atoms with van der Waals surface area (Å²) in [5, 5.41) is 14.2. The maximum absolute atomic E-state index is 14.0. The van der Waals surface area contributed by atoms with Crippen molar-refractivity contribution in [3.8, 4) is 0 Å². The second-order valence-electron chi connectivity index (χ2n) is 9.89. The topological polar surface area (TPSA) is 86.7 Å². The van der Waals surface area contributed by atoms with Crippen LogP contribution in [0.25, 0.3) is 10.8 Å². The van der Waals surface area contributed by atoms with Crippen LogP contribution in [-0.2, 0) is 20.4 Å². The zero-order valence-electron chi connectivity index (χ0n) is 22.0. The minimum atomic E-state index is -3.77. The Balaban J connectivity index is 0.00000164. The van der Waals surface area contributed by atoms with E-state index in [9.17, 15) is 18.3 Å². The van der Waals surface area contributed by atoms with E-state index >= 15 is 0 Å². The lowest BCUT2D eigenvalue weighted by Gasteiger charge is -2.25. The molecule has 8 heteroatoms. The summed E-state index contributed by atoms with van der Waals surface area (Å²) in [6.45, 7) is 9.27. The highest BCUT2D eigenvalue weighted by Crippen LogP contribution is 2.49. The number of sulfonamides is 1. The van der Waals surface area contributed by atoms with Crippen LogP contribution in [0.15, 0.2) is 89.8 Å². The Bertz CT molecular complexity index is 1610. The van der Waals surface area contributed by atoms with Gasteiger partial charge >= 0.3 is 0 Å². The van der Waals surface area contributed by atoms with Gasteiger partial charge < -0.3 is 5.11 Å². The minimum Gasteiger partial charge on any atom is -0.372 e. The molecule has 6 nitrogen and oxygen atoms in total. The molecule has 0 bridgehead atoms. The number of rotatable bonds is 4. The number of benzene rings is 4. The number of anilines is 2. The van der Waals surface area contributed by atoms with E-state index in [0.29, 0.717) is 22.0 Å². The number of nitrogens with zero attached hydrogens (tertiary/aromatic N) is 1. The summed E-state index contributed by atoms with van der Waals surface area (Å²) in [5.41, 5.74) is -0.779. The predicted octanol–water partition coefficient (Wildman–Crippen LogP) is 6.51. The Morgan fingerprint density at radius 1 is 0.868 bits per heavy atom. The number of carbonyl (C=O) groups excluding carboxylic acids is 1. The van der Waals surface area contributed by atoms with Gasteiger partial charge in [-0.05, 0) is 68.1 Å². The summed E-state index contributed by atoms with van der Waals surface area (Å²) in [6.07, 6.45) is 0. The average Bonchev–Trinajstić information content (AvgIpc) is 3.11. The Kier molecular flexibility index (Phi) is 7.43. The van der Waals surface area contributed by atoms with Crippen molar-refractivity contribution in [2.24, 2.45) is 0 Å². The lowest BCUT2D eigenvalue weighted by atomic mass is 9.87. The molecule has 1 aliphatic rings. The Morgan fingerprint density at radius 3 is 2.16 bits per heavy atom. The first kappa shape index (κ1) is 27.8. The molecule has 1 heterocycles. The molecule has 4 aromatic carbocycles. The number of carbonyl (C=O) groups is 1. The summed E-state index contributed by atoms with van der Waals surface area (Å²) in [7, 11) is -3.77. The van der Waals surface area contributed by atoms with Gasteiger partial charge in [0.1, 0.15) is 0 Å². The molecular formula is C30H31ClN2O4S. The van der Waals surface area contributed by atoms with E-state index in [1.165, 1.54) is 29.2 Å². The number of hydrogen-bond donors (Lipinski definition) is 2. The van der Waals surface area contributed by atoms with Crippen LogP contribution in [0.2, 0.25) is 5.02 Å². The smallest absolute Gasteiger partial charge is 0.273 e. The van der Waals surface area contributed by atoms with Crippen LogP contribution in [0.1, 0.15) is 45.7 Å². The first-order valence-electron chi connectivity index (χ1n) is 12.4. The Morgan fingerprint density at radius 2 is 1.50 bits per heavy atom. The molecule has 0 spiro atoms. The fraction of sp³-hybridized carbons (Fsp3) is 0.233. The molecule has 1 amide bonds. The van der Waals surface area contributed by atoms with Gasteiger partial charge in [-0.2, -0.15) is 0 Å². The van der Waals surface area contributed by atoms with Crippen LogP contribution in [0, 0.1) is 0 Å². The fourth-order valence-corrected chi connectivity index (χ4v) is 6.25. The van der Waals surface area contributed by atoms with Crippen LogP contribution in [0.5, 0.6) is 0 Å². The van der Waals surface area contributed by atoms with Crippen molar-refractivity contribution in [2.75, 3.05) is 4.90 Å². The molecule has 0 saturated heterocycles. The number of hydrogen-bond acceptors (Lipinski definition) is 4. The van der Waals surface area contributed by atoms with Crippen LogP contribution >= 0.6 is 11.6 Å². The van der Waals surface area contributed by atoms with Gasteiger partial charge in [0.05, 0.1) is 16.3 Å². The van der Waals surface area contributed by atoms with Gasteiger partial charge in [0.2, 0.25) is 10.0 Å². The van der Waals surface area contributed by atoms with Gasteiger partial charge in [0.15, 0.2) is 5.60 Å². The molecule has 4 aromatic rings. The van der Waals surface area contributed by atoms with Gasteiger partial charge in [0.25, 0.3) is 5.91 Å². The van der Waals surface area contributed by atoms with Crippen molar-refractivity contribution in [1.82, 2.24) is 4.72 Å². The summed E-state index contributed by atoms with van der Waals surface area (Å²) < 4.78 is 28.1. The zero-order valence-corrected chi connectivity index (χ0v) is 23.6. The third kappa shape index (κ3) is 4.83. The number of amides is 1. The maximum atomic E-state index is 14.0. The van der Waals surface area contributed by atoms with Crippen LogP contribution < -0.4 is 9.62 Å². The van der Waals surface area contributed by atoms with Crippen molar-refractivity contribution in [3.63, 3.8) is 0 Å². The normalized spacial score (nSPS) is 17.2. The first-order valence-corrected chi connectivity index (χ1v) is 14.3. The zero-order chi connectivity index (χ0) is 27.9. The van der Waals surface area contributed by atoms with Crippen molar-refractivity contribution in [1.29, 1.82) is 0 Å². The monoisotopic (exact) mass is 550 g/mol. The average molecular weight is 551 g/mol. The molecule has 0 fully saturated rings. The molecule has 0 radical (unpaired) electrons. The fourth-order valence-electron chi connectivity index (χ4n) is 4.65. The van der Waals surface area contributed by atoms with E-state index in [-0.39, 0.29) is 10.5 Å². The largest absolute Gasteiger partial charge is 0.372 e. The predicted molar refractivity (Wildman–Crippen MR) is 153 cm³/mol. The van der Waals surface area contributed by atoms with Gasteiger partial charge in [-0.1, -0.05) is 74.0 Å². The van der Waals surface area contributed by atoms with Crippen LogP contribution in [0.4, 0.5) is 11.4 Å². The van der Waals surface area contributed by atoms with Crippen molar-refractivity contribution in [3.05, 3.63) is 101 Å². The van der Waals surface area contributed by atoms with E-state index in [0.717, 1.165) is 10.8 Å².